The Labute approximate surface area is 111 Å². The Balaban J connectivity index is 2.57. The van der Waals surface area contributed by atoms with E-state index in [1.165, 1.54) is 0 Å². The van der Waals surface area contributed by atoms with Crippen molar-refractivity contribution >= 4 is 33.2 Å². The van der Waals surface area contributed by atoms with Gasteiger partial charge in [-0.2, -0.15) is 0 Å². The van der Waals surface area contributed by atoms with Crippen LogP contribution in [0.1, 0.15) is 0 Å². The molecule has 0 aliphatic heterocycles. The molecular formula is C12H7BrClNO2. The second kappa shape index (κ2) is 4.85. The van der Waals surface area contributed by atoms with Gasteiger partial charge in [-0.05, 0) is 39.2 Å². The third-order valence-corrected chi connectivity index (χ3v) is 3.20. The average molecular weight is 313 g/mol. The molecule has 0 aliphatic carbocycles. The van der Waals surface area contributed by atoms with E-state index in [-0.39, 0.29) is 10.7 Å². The Bertz CT molecular complexity index is 549. The first-order valence-electron chi connectivity index (χ1n) is 4.78. The van der Waals surface area contributed by atoms with Crippen molar-refractivity contribution in [1.29, 1.82) is 0 Å². The topological polar surface area (TPSA) is 43.1 Å². The summed E-state index contributed by atoms with van der Waals surface area (Å²) in [5.41, 5.74) is 1.70. The fourth-order valence-electron chi connectivity index (χ4n) is 1.54. The highest BCUT2D eigenvalue weighted by Crippen LogP contribution is 2.37. The van der Waals surface area contributed by atoms with Gasteiger partial charge >= 0.3 is 5.69 Å². The summed E-state index contributed by atoms with van der Waals surface area (Å²) in [7, 11) is 0. The lowest BCUT2D eigenvalue weighted by molar-refractivity contribution is -0.385. The molecule has 3 nitrogen and oxygen atoms in total. The van der Waals surface area contributed by atoms with Crippen LogP contribution in [-0.2, 0) is 0 Å². The molecule has 0 fully saturated rings. The zero-order valence-corrected chi connectivity index (χ0v) is 10.9. The van der Waals surface area contributed by atoms with E-state index in [0.717, 1.165) is 11.1 Å². The lowest BCUT2D eigenvalue weighted by Crippen LogP contribution is -1.91. The van der Waals surface area contributed by atoms with Crippen LogP contribution in [-0.4, -0.2) is 4.92 Å². The molecule has 0 radical (unpaired) electrons. The molecule has 86 valence electrons. The summed E-state index contributed by atoms with van der Waals surface area (Å²) in [4.78, 5) is 10.3. The van der Waals surface area contributed by atoms with Crippen molar-refractivity contribution in [3.8, 4) is 11.1 Å². The predicted molar refractivity (Wildman–Crippen MR) is 71.2 cm³/mol. The number of benzene rings is 2. The number of nitro benzene ring substituents is 1. The third-order valence-electron chi connectivity index (χ3n) is 2.31. The molecule has 0 spiro atoms. The standard InChI is InChI=1S/C12H7BrClNO2/c13-10-6-9(8-4-2-1-3-5-8)7-11(14)12(10)15(16)17/h1-7H. The molecule has 0 heterocycles. The molecule has 0 atom stereocenters. The first-order chi connectivity index (χ1) is 8.09. The van der Waals surface area contributed by atoms with E-state index in [0.29, 0.717) is 4.47 Å². The highest BCUT2D eigenvalue weighted by Gasteiger charge is 2.18. The summed E-state index contributed by atoms with van der Waals surface area (Å²) in [6, 6.07) is 12.8. The van der Waals surface area contributed by atoms with Crippen LogP contribution in [0.5, 0.6) is 0 Å². The number of nitro groups is 1. The highest BCUT2D eigenvalue weighted by atomic mass is 79.9. The SMILES string of the molecule is O=[N+]([O-])c1c(Cl)cc(-c2ccccc2)cc1Br. The maximum atomic E-state index is 10.8. The van der Waals surface area contributed by atoms with Crippen molar-refractivity contribution in [2.45, 2.75) is 0 Å². The molecule has 0 unspecified atom stereocenters. The number of nitrogens with zero attached hydrogens (tertiary/aromatic N) is 1. The van der Waals surface area contributed by atoms with Gasteiger partial charge in [-0.3, -0.25) is 10.1 Å². The quantitative estimate of drug-likeness (QED) is 0.597. The Morgan fingerprint density at radius 3 is 2.29 bits per heavy atom. The molecule has 2 rings (SSSR count). The summed E-state index contributed by atoms with van der Waals surface area (Å²) < 4.78 is 0.383. The smallest absolute Gasteiger partial charge is 0.258 e. The van der Waals surface area contributed by atoms with E-state index < -0.39 is 4.92 Å². The van der Waals surface area contributed by atoms with Crippen molar-refractivity contribution in [2.24, 2.45) is 0 Å². The van der Waals surface area contributed by atoms with Crippen LogP contribution in [0.4, 0.5) is 5.69 Å². The molecule has 5 heteroatoms. The van der Waals surface area contributed by atoms with Crippen molar-refractivity contribution in [3.05, 3.63) is 62.1 Å². The van der Waals surface area contributed by atoms with Crippen LogP contribution in [0.25, 0.3) is 11.1 Å². The van der Waals surface area contributed by atoms with Gasteiger partial charge in [-0.25, -0.2) is 0 Å². The van der Waals surface area contributed by atoms with Crippen LogP contribution in [0.2, 0.25) is 5.02 Å². The van der Waals surface area contributed by atoms with Gasteiger partial charge < -0.3 is 0 Å². The van der Waals surface area contributed by atoms with Gasteiger partial charge in [-0.15, -0.1) is 0 Å². The zero-order chi connectivity index (χ0) is 12.4. The van der Waals surface area contributed by atoms with Gasteiger partial charge in [0, 0.05) is 0 Å². The van der Waals surface area contributed by atoms with E-state index in [1.807, 2.05) is 30.3 Å². The van der Waals surface area contributed by atoms with E-state index in [1.54, 1.807) is 12.1 Å². The largest absolute Gasteiger partial charge is 0.301 e. The van der Waals surface area contributed by atoms with Crippen LogP contribution in [0, 0.1) is 10.1 Å². The Kier molecular flexibility index (Phi) is 3.45. The fraction of sp³-hybridized carbons (Fsp3) is 0. The average Bonchev–Trinajstić information content (AvgIpc) is 2.28. The monoisotopic (exact) mass is 311 g/mol. The van der Waals surface area contributed by atoms with Crippen molar-refractivity contribution in [1.82, 2.24) is 0 Å². The summed E-state index contributed by atoms with van der Waals surface area (Å²) in [6.07, 6.45) is 0. The number of hydrogen-bond acceptors (Lipinski definition) is 2. The van der Waals surface area contributed by atoms with E-state index in [2.05, 4.69) is 15.9 Å². The second-order valence-electron chi connectivity index (χ2n) is 3.41. The molecule has 0 saturated carbocycles. The fourth-order valence-corrected chi connectivity index (χ4v) is 2.54. The molecule has 0 amide bonds. The molecule has 0 aliphatic rings. The van der Waals surface area contributed by atoms with Crippen molar-refractivity contribution < 1.29 is 4.92 Å². The molecule has 0 bridgehead atoms. The second-order valence-corrected chi connectivity index (χ2v) is 4.67. The lowest BCUT2D eigenvalue weighted by atomic mass is 10.1. The maximum Gasteiger partial charge on any atom is 0.301 e. The van der Waals surface area contributed by atoms with Gasteiger partial charge in [0.2, 0.25) is 0 Å². The molecule has 2 aromatic rings. The van der Waals surface area contributed by atoms with E-state index in [9.17, 15) is 10.1 Å². The van der Waals surface area contributed by atoms with E-state index >= 15 is 0 Å². The number of halogens is 2. The van der Waals surface area contributed by atoms with Gasteiger partial charge in [0.1, 0.15) is 5.02 Å². The Morgan fingerprint density at radius 2 is 1.76 bits per heavy atom. The maximum absolute atomic E-state index is 10.8. The lowest BCUT2D eigenvalue weighted by Gasteiger charge is -2.04. The van der Waals surface area contributed by atoms with Crippen molar-refractivity contribution in [2.75, 3.05) is 0 Å². The normalized spacial score (nSPS) is 10.2. The first kappa shape index (κ1) is 12.1. The summed E-state index contributed by atoms with van der Waals surface area (Å²) >= 11 is 9.08. The summed E-state index contributed by atoms with van der Waals surface area (Å²) in [5, 5.41) is 10.9. The van der Waals surface area contributed by atoms with E-state index in [4.69, 9.17) is 11.6 Å². The molecule has 0 saturated heterocycles. The predicted octanol–water partition coefficient (Wildman–Crippen LogP) is 4.68. The first-order valence-corrected chi connectivity index (χ1v) is 5.95. The zero-order valence-electron chi connectivity index (χ0n) is 8.56. The minimum absolute atomic E-state index is 0.105. The summed E-state index contributed by atoms with van der Waals surface area (Å²) in [6.45, 7) is 0. The van der Waals surface area contributed by atoms with Gasteiger partial charge in [0.15, 0.2) is 0 Å². The van der Waals surface area contributed by atoms with Crippen LogP contribution in [0.15, 0.2) is 46.9 Å². The Hall–Kier alpha value is -1.39. The third kappa shape index (κ3) is 2.48. The van der Waals surface area contributed by atoms with Crippen LogP contribution < -0.4 is 0 Å². The molecule has 2 aromatic carbocycles. The van der Waals surface area contributed by atoms with Gasteiger partial charge in [-0.1, -0.05) is 41.9 Å². The minimum Gasteiger partial charge on any atom is -0.258 e. The van der Waals surface area contributed by atoms with Gasteiger partial charge in [0.05, 0.1) is 9.40 Å². The van der Waals surface area contributed by atoms with Crippen LogP contribution >= 0.6 is 27.5 Å². The Morgan fingerprint density at radius 1 is 1.12 bits per heavy atom. The molecule has 17 heavy (non-hydrogen) atoms. The summed E-state index contributed by atoms with van der Waals surface area (Å²) in [5.74, 6) is 0. The number of rotatable bonds is 2. The minimum atomic E-state index is -0.499. The van der Waals surface area contributed by atoms with Crippen LogP contribution in [0.3, 0.4) is 0 Å². The molecular weight excluding hydrogens is 305 g/mol. The molecule has 0 aromatic heterocycles. The highest BCUT2D eigenvalue weighted by molar-refractivity contribution is 9.10. The molecule has 0 N–H and O–H groups in total. The number of hydrogen-bond donors (Lipinski definition) is 0. The van der Waals surface area contributed by atoms with Crippen molar-refractivity contribution in [3.63, 3.8) is 0 Å². The van der Waals surface area contributed by atoms with Gasteiger partial charge in [0.25, 0.3) is 0 Å².